The van der Waals surface area contributed by atoms with Gasteiger partial charge in [0.2, 0.25) is 11.7 Å². The van der Waals surface area contributed by atoms with Crippen molar-refractivity contribution in [3.63, 3.8) is 0 Å². The molecule has 160 valence electrons. The van der Waals surface area contributed by atoms with Gasteiger partial charge in [0.15, 0.2) is 0 Å². The molecule has 2 aromatic rings. The zero-order valence-electron chi connectivity index (χ0n) is 17.2. The molecule has 0 bridgehead atoms. The Kier molecular flexibility index (Phi) is 6.95. The number of hydrogen-bond donors (Lipinski definition) is 0. The van der Waals surface area contributed by atoms with Crippen LogP contribution in [-0.2, 0) is 12.7 Å². The monoisotopic (exact) mass is 410 g/mol. The Morgan fingerprint density at radius 3 is 2.41 bits per heavy atom. The normalized spacial score (nSPS) is 16.8. The summed E-state index contributed by atoms with van der Waals surface area (Å²) in [5, 5.41) is 3.91. The summed E-state index contributed by atoms with van der Waals surface area (Å²) in [6.45, 7) is 9.46. The van der Waals surface area contributed by atoms with E-state index in [4.69, 9.17) is 4.52 Å². The molecule has 0 aliphatic carbocycles. The number of piperidine rings is 1. The van der Waals surface area contributed by atoms with E-state index in [1.807, 2.05) is 7.05 Å². The molecule has 29 heavy (non-hydrogen) atoms. The molecule has 0 unspecified atom stereocenters. The third-order valence-corrected chi connectivity index (χ3v) is 5.24. The highest BCUT2D eigenvalue weighted by atomic mass is 19.4. The van der Waals surface area contributed by atoms with Crippen molar-refractivity contribution < 1.29 is 17.7 Å². The number of halogens is 3. The molecule has 0 saturated carbocycles. The van der Waals surface area contributed by atoms with Crippen molar-refractivity contribution in [2.75, 3.05) is 33.2 Å². The number of likely N-dealkylation sites (tertiary alicyclic amines) is 1. The van der Waals surface area contributed by atoms with Crippen LogP contribution in [0.25, 0.3) is 11.4 Å². The second-order valence-corrected chi connectivity index (χ2v) is 8.42. The van der Waals surface area contributed by atoms with Crippen molar-refractivity contribution >= 4 is 0 Å². The van der Waals surface area contributed by atoms with E-state index in [1.54, 1.807) is 0 Å². The van der Waals surface area contributed by atoms with Gasteiger partial charge in [0, 0.05) is 18.7 Å². The number of nitrogens with zero attached hydrogens (tertiary/aromatic N) is 4. The zero-order valence-corrected chi connectivity index (χ0v) is 17.2. The fourth-order valence-electron chi connectivity index (χ4n) is 3.85. The summed E-state index contributed by atoms with van der Waals surface area (Å²) >= 11 is 0. The zero-order chi connectivity index (χ0) is 21.0. The van der Waals surface area contributed by atoms with E-state index in [-0.39, 0.29) is 0 Å². The third-order valence-electron chi connectivity index (χ3n) is 5.24. The molecule has 8 heteroatoms. The van der Waals surface area contributed by atoms with E-state index in [0.29, 0.717) is 35.7 Å². The minimum atomic E-state index is -4.35. The molecule has 1 aromatic heterocycles. The van der Waals surface area contributed by atoms with Gasteiger partial charge in [-0.15, -0.1) is 0 Å². The molecular weight excluding hydrogens is 381 g/mol. The number of hydrogen-bond acceptors (Lipinski definition) is 5. The summed E-state index contributed by atoms with van der Waals surface area (Å²) in [5.74, 6) is 2.13. The highest BCUT2D eigenvalue weighted by Gasteiger charge is 2.30. The Morgan fingerprint density at radius 1 is 1.17 bits per heavy atom. The maximum Gasteiger partial charge on any atom is 0.416 e. The van der Waals surface area contributed by atoms with Gasteiger partial charge in [0.25, 0.3) is 0 Å². The molecule has 1 aliphatic heterocycles. The molecule has 3 rings (SSSR count). The van der Waals surface area contributed by atoms with Crippen LogP contribution < -0.4 is 0 Å². The van der Waals surface area contributed by atoms with Crippen LogP contribution in [0.5, 0.6) is 0 Å². The topological polar surface area (TPSA) is 45.4 Å². The van der Waals surface area contributed by atoms with Crippen LogP contribution in [0, 0.1) is 11.8 Å². The van der Waals surface area contributed by atoms with Gasteiger partial charge in [-0.3, -0.25) is 4.90 Å². The van der Waals surface area contributed by atoms with E-state index < -0.39 is 11.7 Å². The van der Waals surface area contributed by atoms with Crippen molar-refractivity contribution in [3.8, 4) is 11.4 Å². The lowest BCUT2D eigenvalue weighted by molar-refractivity contribution is -0.137. The van der Waals surface area contributed by atoms with Crippen molar-refractivity contribution in [3.05, 3.63) is 35.7 Å². The molecule has 0 spiro atoms. The molecule has 1 aromatic carbocycles. The SMILES string of the molecule is CC(C)CN1CCC(CN(C)Cc2nc(-c3ccc(C(F)(F)F)cc3)no2)CC1. The Bertz CT molecular complexity index is 765. The minimum Gasteiger partial charge on any atom is -0.338 e. The fraction of sp³-hybridized carbons (Fsp3) is 0.619. The van der Waals surface area contributed by atoms with Gasteiger partial charge in [-0.2, -0.15) is 18.2 Å². The molecule has 1 aliphatic rings. The molecule has 5 nitrogen and oxygen atoms in total. The molecule has 2 heterocycles. The van der Waals surface area contributed by atoms with Gasteiger partial charge in [-0.05, 0) is 56.9 Å². The average molecular weight is 410 g/mol. The van der Waals surface area contributed by atoms with Crippen LogP contribution in [-0.4, -0.2) is 53.2 Å². The Balaban J connectivity index is 1.50. The maximum atomic E-state index is 12.7. The van der Waals surface area contributed by atoms with E-state index in [9.17, 15) is 13.2 Å². The van der Waals surface area contributed by atoms with Crippen molar-refractivity contribution in [1.82, 2.24) is 19.9 Å². The van der Waals surface area contributed by atoms with E-state index in [1.165, 1.54) is 25.0 Å². The molecule has 0 radical (unpaired) electrons. The number of benzene rings is 1. The highest BCUT2D eigenvalue weighted by molar-refractivity contribution is 5.54. The summed E-state index contributed by atoms with van der Waals surface area (Å²) in [5.41, 5.74) is -0.183. The Labute approximate surface area is 169 Å². The van der Waals surface area contributed by atoms with Crippen LogP contribution in [0.4, 0.5) is 13.2 Å². The number of aromatic nitrogens is 2. The van der Waals surface area contributed by atoms with Crippen LogP contribution in [0.15, 0.2) is 28.8 Å². The van der Waals surface area contributed by atoms with E-state index in [0.717, 1.165) is 38.3 Å². The first-order valence-corrected chi connectivity index (χ1v) is 10.1. The third kappa shape index (κ3) is 6.27. The maximum absolute atomic E-state index is 12.7. The van der Waals surface area contributed by atoms with E-state index >= 15 is 0 Å². The minimum absolute atomic E-state index is 0.309. The van der Waals surface area contributed by atoms with Crippen LogP contribution in [0.1, 0.15) is 38.1 Å². The van der Waals surface area contributed by atoms with Crippen LogP contribution in [0.2, 0.25) is 0 Å². The van der Waals surface area contributed by atoms with E-state index in [2.05, 4.69) is 33.8 Å². The largest absolute Gasteiger partial charge is 0.416 e. The highest BCUT2D eigenvalue weighted by Crippen LogP contribution is 2.30. The fourth-order valence-corrected chi connectivity index (χ4v) is 3.85. The number of alkyl halides is 3. The standard InChI is InChI=1S/C21H29F3N4O/c1-15(2)12-28-10-8-16(9-11-28)13-27(3)14-19-25-20(26-29-19)17-4-6-18(7-5-17)21(22,23)24/h4-7,15-16H,8-14H2,1-3H3. The molecule has 1 fully saturated rings. The molecule has 0 amide bonds. The summed E-state index contributed by atoms with van der Waals surface area (Å²) in [7, 11) is 2.03. The summed E-state index contributed by atoms with van der Waals surface area (Å²) in [4.78, 5) is 9.05. The first-order valence-electron chi connectivity index (χ1n) is 10.1. The lowest BCUT2D eigenvalue weighted by Gasteiger charge is -2.34. The van der Waals surface area contributed by atoms with Crippen LogP contribution in [0.3, 0.4) is 0 Å². The first kappa shape index (κ1) is 21.8. The predicted molar refractivity (Wildman–Crippen MR) is 105 cm³/mol. The second kappa shape index (κ2) is 9.26. The van der Waals surface area contributed by atoms with Crippen molar-refractivity contribution in [2.24, 2.45) is 11.8 Å². The van der Waals surface area contributed by atoms with Gasteiger partial charge >= 0.3 is 6.18 Å². The van der Waals surface area contributed by atoms with Gasteiger partial charge in [-0.25, -0.2) is 0 Å². The van der Waals surface area contributed by atoms with Gasteiger partial charge < -0.3 is 9.42 Å². The lowest BCUT2D eigenvalue weighted by Crippen LogP contribution is -2.39. The molecule has 0 N–H and O–H groups in total. The second-order valence-electron chi connectivity index (χ2n) is 8.42. The van der Waals surface area contributed by atoms with Gasteiger partial charge in [0.1, 0.15) is 0 Å². The quantitative estimate of drug-likeness (QED) is 0.670. The van der Waals surface area contributed by atoms with Gasteiger partial charge in [0.05, 0.1) is 12.1 Å². The smallest absolute Gasteiger partial charge is 0.338 e. The predicted octanol–water partition coefficient (Wildman–Crippen LogP) is 4.56. The number of rotatable bonds is 7. The lowest BCUT2D eigenvalue weighted by atomic mass is 9.95. The summed E-state index contributed by atoms with van der Waals surface area (Å²) in [6, 6.07) is 4.80. The molecular formula is C21H29F3N4O. The molecule has 1 saturated heterocycles. The Morgan fingerprint density at radius 2 is 1.83 bits per heavy atom. The van der Waals surface area contributed by atoms with Crippen molar-refractivity contribution in [1.29, 1.82) is 0 Å². The Hall–Kier alpha value is -1.93. The van der Waals surface area contributed by atoms with Crippen molar-refractivity contribution in [2.45, 2.75) is 39.4 Å². The first-order chi connectivity index (χ1) is 13.7. The van der Waals surface area contributed by atoms with Crippen LogP contribution >= 0.6 is 0 Å². The van der Waals surface area contributed by atoms with Gasteiger partial charge in [-0.1, -0.05) is 31.1 Å². The summed E-state index contributed by atoms with van der Waals surface area (Å²) < 4.78 is 43.3. The average Bonchev–Trinajstić information content (AvgIpc) is 3.10. The summed E-state index contributed by atoms with van der Waals surface area (Å²) in [6.07, 6.45) is -1.97. The molecule has 0 atom stereocenters.